The van der Waals surface area contributed by atoms with Crippen molar-refractivity contribution in [1.82, 2.24) is 10.2 Å². The molecule has 1 amide bonds. The lowest BCUT2D eigenvalue weighted by Crippen LogP contribution is -2.41. The fourth-order valence-electron chi connectivity index (χ4n) is 2.67. The number of thioether (sulfide) groups is 1. The highest BCUT2D eigenvalue weighted by molar-refractivity contribution is 7.98. The molecular formula is C15H22N2OS. The molecule has 1 aromatic carbocycles. The summed E-state index contributed by atoms with van der Waals surface area (Å²) in [4.78, 5) is 14.2. The average Bonchev–Trinajstić information content (AvgIpc) is 2.78. The SMILES string of the molecule is CCC(CSC)N1C(=O)CNC1c1ccccc1C. The van der Waals surface area contributed by atoms with Crippen LogP contribution in [0, 0.1) is 6.92 Å². The van der Waals surface area contributed by atoms with Crippen molar-refractivity contribution >= 4 is 17.7 Å². The minimum Gasteiger partial charge on any atom is -0.318 e. The molecule has 0 spiro atoms. The number of hydrogen-bond donors (Lipinski definition) is 1. The van der Waals surface area contributed by atoms with Gasteiger partial charge in [-0.3, -0.25) is 10.1 Å². The number of nitrogens with zero attached hydrogens (tertiary/aromatic N) is 1. The Balaban J connectivity index is 2.29. The number of benzene rings is 1. The standard InChI is InChI=1S/C15H22N2OS/c1-4-12(10-19-3)17-14(18)9-16-15(17)13-8-6-5-7-11(13)2/h5-8,12,15-16H,4,9-10H2,1-3H3. The van der Waals surface area contributed by atoms with Crippen molar-refractivity contribution in [3.05, 3.63) is 35.4 Å². The second kappa shape index (κ2) is 6.44. The van der Waals surface area contributed by atoms with Gasteiger partial charge in [0.1, 0.15) is 6.17 Å². The van der Waals surface area contributed by atoms with Gasteiger partial charge in [0.25, 0.3) is 0 Å². The van der Waals surface area contributed by atoms with E-state index in [1.54, 1.807) is 11.8 Å². The molecule has 0 aromatic heterocycles. The molecule has 1 saturated heterocycles. The number of amides is 1. The molecule has 1 fully saturated rings. The van der Waals surface area contributed by atoms with E-state index in [0.717, 1.165) is 12.2 Å². The Morgan fingerprint density at radius 2 is 2.21 bits per heavy atom. The van der Waals surface area contributed by atoms with E-state index in [1.807, 2.05) is 17.0 Å². The quantitative estimate of drug-likeness (QED) is 0.898. The van der Waals surface area contributed by atoms with Gasteiger partial charge in [0, 0.05) is 11.8 Å². The number of carbonyl (C=O) groups excluding carboxylic acids is 1. The molecule has 0 radical (unpaired) electrons. The fourth-order valence-corrected chi connectivity index (χ4v) is 3.45. The fraction of sp³-hybridized carbons (Fsp3) is 0.533. The molecule has 104 valence electrons. The molecule has 1 heterocycles. The Hall–Kier alpha value is -1.00. The number of carbonyl (C=O) groups is 1. The van der Waals surface area contributed by atoms with E-state index in [-0.39, 0.29) is 12.1 Å². The maximum atomic E-state index is 12.2. The highest BCUT2D eigenvalue weighted by Gasteiger charge is 2.36. The maximum absolute atomic E-state index is 12.2. The van der Waals surface area contributed by atoms with Gasteiger partial charge < -0.3 is 4.90 Å². The molecule has 3 nitrogen and oxygen atoms in total. The molecule has 2 rings (SSSR count). The highest BCUT2D eigenvalue weighted by atomic mass is 32.2. The Kier molecular flexibility index (Phi) is 4.88. The number of hydrogen-bond acceptors (Lipinski definition) is 3. The zero-order valence-corrected chi connectivity index (χ0v) is 12.7. The Morgan fingerprint density at radius 3 is 2.84 bits per heavy atom. The van der Waals surface area contributed by atoms with Gasteiger partial charge in [-0.05, 0) is 30.7 Å². The van der Waals surface area contributed by atoms with E-state index in [9.17, 15) is 4.79 Å². The Labute approximate surface area is 119 Å². The third-order valence-corrected chi connectivity index (χ3v) is 4.44. The monoisotopic (exact) mass is 278 g/mol. The van der Waals surface area contributed by atoms with Gasteiger partial charge in [0.15, 0.2) is 0 Å². The number of nitrogens with one attached hydrogen (secondary N) is 1. The number of rotatable bonds is 5. The lowest BCUT2D eigenvalue weighted by Gasteiger charge is -2.32. The minimum atomic E-state index is 0.0331. The lowest BCUT2D eigenvalue weighted by molar-refractivity contribution is -0.130. The largest absolute Gasteiger partial charge is 0.318 e. The molecule has 2 unspecified atom stereocenters. The molecule has 1 aromatic rings. The van der Waals surface area contributed by atoms with Crippen LogP contribution in [-0.4, -0.2) is 35.4 Å². The van der Waals surface area contributed by atoms with E-state index >= 15 is 0 Å². The molecule has 1 N–H and O–H groups in total. The average molecular weight is 278 g/mol. The van der Waals surface area contributed by atoms with Gasteiger partial charge in [-0.1, -0.05) is 31.2 Å². The molecule has 0 bridgehead atoms. The van der Waals surface area contributed by atoms with Gasteiger partial charge in [-0.2, -0.15) is 11.8 Å². The summed E-state index contributed by atoms with van der Waals surface area (Å²) in [7, 11) is 0. The Morgan fingerprint density at radius 1 is 1.47 bits per heavy atom. The zero-order valence-electron chi connectivity index (χ0n) is 11.8. The van der Waals surface area contributed by atoms with Gasteiger partial charge in [-0.25, -0.2) is 0 Å². The molecule has 2 atom stereocenters. The third kappa shape index (κ3) is 2.95. The summed E-state index contributed by atoms with van der Waals surface area (Å²) in [6.45, 7) is 4.71. The summed E-state index contributed by atoms with van der Waals surface area (Å²) in [5.74, 6) is 1.21. The first kappa shape index (κ1) is 14.4. The normalized spacial score (nSPS) is 20.9. The highest BCUT2D eigenvalue weighted by Crippen LogP contribution is 2.29. The van der Waals surface area contributed by atoms with Crippen LogP contribution < -0.4 is 5.32 Å². The van der Waals surface area contributed by atoms with Crippen molar-refractivity contribution in [2.75, 3.05) is 18.6 Å². The van der Waals surface area contributed by atoms with Crippen LogP contribution >= 0.6 is 11.8 Å². The zero-order chi connectivity index (χ0) is 13.8. The third-order valence-electron chi connectivity index (χ3n) is 3.72. The summed E-state index contributed by atoms with van der Waals surface area (Å²) in [6.07, 6.45) is 3.13. The van der Waals surface area contributed by atoms with E-state index in [0.29, 0.717) is 12.6 Å². The predicted molar refractivity (Wildman–Crippen MR) is 81.2 cm³/mol. The van der Waals surface area contributed by atoms with E-state index in [2.05, 4.69) is 37.6 Å². The van der Waals surface area contributed by atoms with Gasteiger partial charge >= 0.3 is 0 Å². The van der Waals surface area contributed by atoms with Crippen molar-refractivity contribution < 1.29 is 4.79 Å². The van der Waals surface area contributed by atoms with Crippen molar-refractivity contribution in [3.63, 3.8) is 0 Å². The molecule has 0 aliphatic carbocycles. The Bertz CT molecular complexity index is 450. The first-order valence-electron chi connectivity index (χ1n) is 6.78. The van der Waals surface area contributed by atoms with Crippen LogP contribution in [0.25, 0.3) is 0 Å². The smallest absolute Gasteiger partial charge is 0.238 e. The maximum Gasteiger partial charge on any atom is 0.238 e. The van der Waals surface area contributed by atoms with Crippen LogP contribution in [0.2, 0.25) is 0 Å². The van der Waals surface area contributed by atoms with Crippen LogP contribution in [0.1, 0.15) is 30.6 Å². The van der Waals surface area contributed by atoms with E-state index < -0.39 is 0 Å². The van der Waals surface area contributed by atoms with Crippen LogP contribution in [0.4, 0.5) is 0 Å². The second-order valence-corrected chi connectivity index (χ2v) is 5.87. The van der Waals surface area contributed by atoms with Gasteiger partial charge in [0.05, 0.1) is 6.54 Å². The molecule has 1 aliphatic rings. The second-order valence-electron chi connectivity index (χ2n) is 4.96. The van der Waals surface area contributed by atoms with Crippen LogP contribution in [0.5, 0.6) is 0 Å². The van der Waals surface area contributed by atoms with E-state index in [4.69, 9.17) is 0 Å². The van der Waals surface area contributed by atoms with Crippen molar-refractivity contribution in [2.45, 2.75) is 32.5 Å². The van der Waals surface area contributed by atoms with Crippen molar-refractivity contribution in [1.29, 1.82) is 0 Å². The predicted octanol–water partition coefficient (Wildman–Crippen LogP) is 2.57. The van der Waals surface area contributed by atoms with Crippen molar-refractivity contribution in [3.8, 4) is 0 Å². The summed E-state index contributed by atoms with van der Waals surface area (Å²) in [6, 6.07) is 8.61. The minimum absolute atomic E-state index is 0.0331. The molecule has 0 saturated carbocycles. The summed E-state index contributed by atoms with van der Waals surface area (Å²) in [5, 5.41) is 3.35. The van der Waals surface area contributed by atoms with Crippen LogP contribution in [0.3, 0.4) is 0 Å². The van der Waals surface area contributed by atoms with E-state index in [1.165, 1.54) is 11.1 Å². The molecule has 4 heteroatoms. The first-order chi connectivity index (χ1) is 9.19. The van der Waals surface area contributed by atoms with Crippen LogP contribution in [-0.2, 0) is 4.79 Å². The summed E-state index contributed by atoms with van der Waals surface area (Å²) < 4.78 is 0. The van der Waals surface area contributed by atoms with Gasteiger partial charge in [-0.15, -0.1) is 0 Å². The molecule has 1 aliphatic heterocycles. The molecular weight excluding hydrogens is 256 g/mol. The van der Waals surface area contributed by atoms with Crippen LogP contribution in [0.15, 0.2) is 24.3 Å². The topological polar surface area (TPSA) is 32.3 Å². The lowest BCUT2D eigenvalue weighted by atomic mass is 10.0. The van der Waals surface area contributed by atoms with Gasteiger partial charge in [0.2, 0.25) is 5.91 Å². The molecule has 19 heavy (non-hydrogen) atoms. The summed E-state index contributed by atoms with van der Waals surface area (Å²) >= 11 is 1.80. The summed E-state index contributed by atoms with van der Waals surface area (Å²) in [5.41, 5.74) is 2.45. The van der Waals surface area contributed by atoms with Crippen molar-refractivity contribution in [2.24, 2.45) is 0 Å². The number of aryl methyl sites for hydroxylation is 1. The first-order valence-corrected chi connectivity index (χ1v) is 8.17.